The molecule has 0 radical (unpaired) electrons. The maximum Gasteiger partial charge on any atom is 0.0421 e. The first-order chi connectivity index (χ1) is 7.97. The van der Waals surface area contributed by atoms with E-state index in [1.807, 2.05) is 0 Å². The van der Waals surface area contributed by atoms with E-state index in [2.05, 4.69) is 48.6 Å². The summed E-state index contributed by atoms with van der Waals surface area (Å²) in [6.45, 7) is 0.938. The van der Waals surface area contributed by atoms with Crippen molar-refractivity contribution in [3.05, 3.63) is 48.6 Å². The molecule has 16 heavy (non-hydrogen) atoms. The Labute approximate surface area is 99.1 Å². The molecule has 2 bridgehead atoms. The molecule has 6 rings (SSSR count). The van der Waals surface area contributed by atoms with Gasteiger partial charge < -0.3 is 0 Å². The maximum absolute atomic E-state index is 2.52. The largest absolute Gasteiger partial charge is 0.0691 e. The van der Waals surface area contributed by atoms with Gasteiger partial charge in [0.25, 0.3) is 0 Å². The minimum Gasteiger partial charge on any atom is -0.0691 e. The van der Waals surface area contributed by atoms with Gasteiger partial charge in [-0.1, -0.05) is 62.4 Å². The Morgan fingerprint density at radius 1 is 0.500 bits per heavy atom. The minimum atomic E-state index is 0.469. The van der Waals surface area contributed by atoms with Crippen LogP contribution < -0.4 is 0 Å². The minimum absolute atomic E-state index is 0.469. The molecule has 0 aliphatic heterocycles. The molecule has 0 saturated heterocycles. The van der Waals surface area contributed by atoms with Crippen molar-refractivity contribution in [3.8, 4) is 0 Å². The standard InChI is InChI=1S/C10H10P6/c1-2-6-9(5-1)11-12(10-7-3-4-8-10)14-15-13(11)16(14)15/h1-10H. The second-order valence-electron chi connectivity index (χ2n) is 4.23. The van der Waals surface area contributed by atoms with E-state index in [-0.39, 0.29) is 0 Å². The third kappa shape index (κ3) is 1.08. The molecule has 6 heteroatoms. The van der Waals surface area contributed by atoms with Crippen LogP contribution in [0.2, 0.25) is 0 Å². The van der Waals surface area contributed by atoms with Gasteiger partial charge in [-0.05, 0) is 25.5 Å². The quantitative estimate of drug-likeness (QED) is 0.451. The molecule has 0 aromatic carbocycles. The second kappa shape index (κ2) is 3.20. The smallest absolute Gasteiger partial charge is 0.0421 e. The highest BCUT2D eigenvalue weighted by Crippen LogP contribution is 3.21. The van der Waals surface area contributed by atoms with E-state index in [4.69, 9.17) is 0 Å². The first-order valence-electron chi connectivity index (χ1n) is 5.45. The predicted octanol–water partition coefficient (Wildman–Crippen LogP) is 7.88. The van der Waals surface area contributed by atoms with Gasteiger partial charge in [-0.3, -0.25) is 0 Å². The Balaban J connectivity index is 1.74. The van der Waals surface area contributed by atoms with Gasteiger partial charge in [-0.15, -0.1) is 0 Å². The van der Waals surface area contributed by atoms with Crippen LogP contribution in [0, 0.1) is 0 Å². The van der Waals surface area contributed by atoms with Crippen molar-refractivity contribution in [3.63, 3.8) is 0 Å². The summed E-state index contributed by atoms with van der Waals surface area (Å²) in [5.74, 6) is 0. The first kappa shape index (κ1) is 9.66. The number of allylic oxidation sites excluding steroid dienone is 8. The van der Waals surface area contributed by atoms with Gasteiger partial charge in [0.1, 0.15) is 0 Å². The lowest BCUT2D eigenvalue weighted by molar-refractivity contribution is 1.36. The number of hydrogen-bond acceptors (Lipinski definition) is 0. The van der Waals surface area contributed by atoms with Crippen LogP contribution in [0.25, 0.3) is 0 Å². The Hall–Kier alpha value is 0.760. The molecule has 80 valence electrons. The highest BCUT2D eigenvalue weighted by Gasteiger charge is 2.40. The van der Waals surface area contributed by atoms with Crippen LogP contribution in [0.15, 0.2) is 48.6 Å². The summed E-state index contributed by atoms with van der Waals surface area (Å²) in [6, 6.07) is 0. The third-order valence-electron chi connectivity index (χ3n) is 3.30. The summed E-state index contributed by atoms with van der Waals surface area (Å²) in [5, 5.41) is 0. The van der Waals surface area contributed by atoms with Crippen LogP contribution in [0.1, 0.15) is 11.3 Å². The normalized spacial score (nSPS) is 28.2. The van der Waals surface area contributed by atoms with Gasteiger partial charge in [-0.2, -0.15) is 0 Å². The second-order valence-corrected chi connectivity index (χ2v) is 41.7. The Kier molecular flexibility index (Phi) is 1.93. The van der Waals surface area contributed by atoms with Crippen LogP contribution in [-0.4, -0.2) is 0 Å². The molecule has 0 nitrogen and oxygen atoms in total. The summed E-state index contributed by atoms with van der Waals surface area (Å²) in [5.41, 5.74) is 1.87. The van der Waals surface area contributed by atoms with E-state index in [0.29, 0.717) is 26.5 Å². The number of fused-ring (bicyclic) bond motifs is 1. The van der Waals surface area contributed by atoms with Crippen molar-refractivity contribution in [1.29, 1.82) is 0 Å². The third-order valence-corrected chi connectivity index (χ3v) is 82.3. The number of hydrogen-bond donors (Lipinski definition) is 0. The molecular weight excluding hydrogens is 306 g/mol. The Morgan fingerprint density at radius 2 is 0.875 bits per heavy atom. The lowest BCUT2D eigenvalue weighted by atomic mass is 10.5. The molecule has 2 atom stereocenters. The molecule has 0 spiro atoms. The highest BCUT2D eigenvalue weighted by atomic mass is 33.3. The zero-order valence-corrected chi connectivity index (χ0v) is 13.8. The van der Waals surface area contributed by atoms with E-state index in [1.54, 1.807) is 0 Å². The molecule has 0 saturated carbocycles. The van der Waals surface area contributed by atoms with Gasteiger partial charge in [0.15, 0.2) is 0 Å². The van der Waals surface area contributed by atoms with Crippen LogP contribution in [0.3, 0.4) is 0 Å². The zero-order valence-electron chi connectivity index (χ0n) is 8.46. The van der Waals surface area contributed by atoms with Crippen molar-refractivity contribution >= 4 is 39.3 Å². The molecule has 2 aliphatic rings. The summed E-state index contributed by atoms with van der Waals surface area (Å²) in [7, 11) is 0. The van der Waals surface area contributed by atoms with Crippen molar-refractivity contribution < 1.29 is 0 Å². The van der Waals surface area contributed by atoms with E-state index in [9.17, 15) is 0 Å². The fourth-order valence-corrected chi connectivity index (χ4v) is 162. The fourth-order valence-electron chi connectivity index (χ4n) is 2.48. The fraction of sp³-hybridized carbons (Fsp3) is 0.200. The van der Waals surface area contributed by atoms with Crippen molar-refractivity contribution in [2.75, 3.05) is 0 Å². The Morgan fingerprint density at radius 3 is 1.25 bits per heavy atom. The van der Waals surface area contributed by atoms with Crippen LogP contribution in [-0.2, 0) is 0 Å². The predicted molar refractivity (Wildman–Crippen MR) is 85.4 cm³/mol. The molecule has 0 fully saturated rings. The van der Waals surface area contributed by atoms with E-state index in [0.717, 1.165) is 24.1 Å². The average Bonchev–Trinajstić information content (AvgIpc) is 2.95. The van der Waals surface area contributed by atoms with Gasteiger partial charge in [-0.25, -0.2) is 0 Å². The molecule has 2 unspecified atom stereocenters. The average molecular weight is 316 g/mol. The molecule has 4 aromatic heterocycles. The van der Waals surface area contributed by atoms with Crippen molar-refractivity contribution in [1.82, 2.24) is 0 Å². The SMILES string of the molecule is C1=CC(p2p(C3C=CC=C3)p3p4p2p34)C=C1. The molecule has 4 heterocycles. The summed E-state index contributed by atoms with van der Waals surface area (Å²) < 4.78 is 0. The molecule has 0 amide bonds. The summed E-state index contributed by atoms with van der Waals surface area (Å²) in [4.78, 5) is 0. The van der Waals surface area contributed by atoms with E-state index in [1.165, 1.54) is 0 Å². The van der Waals surface area contributed by atoms with Gasteiger partial charge in [0.2, 0.25) is 0 Å². The van der Waals surface area contributed by atoms with E-state index < -0.39 is 0 Å². The zero-order chi connectivity index (χ0) is 10.3. The number of rotatable bonds is 2. The van der Waals surface area contributed by atoms with Gasteiger partial charge in [0.05, 0.1) is 0 Å². The topological polar surface area (TPSA) is 0 Å². The highest BCUT2D eigenvalue weighted by molar-refractivity contribution is 9.22. The first-order valence-corrected chi connectivity index (χ1v) is 19.3. The summed E-state index contributed by atoms with van der Waals surface area (Å²) in [6.07, 6.45) is 22.3. The van der Waals surface area contributed by atoms with Crippen LogP contribution >= 0.6 is 39.3 Å². The maximum atomic E-state index is 2.52. The van der Waals surface area contributed by atoms with Crippen LogP contribution in [0.4, 0.5) is 0 Å². The van der Waals surface area contributed by atoms with Crippen molar-refractivity contribution in [2.24, 2.45) is 0 Å². The van der Waals surface area contributed by atoms with Crippen LogP contribution in [0.5, 0.6) is 0 Å². The lowest BCUT2D eigenvalue weighted by Crippen LogP contribution is -1.72. The molecular formula is C10H10P6. The molecule has 2 aliphatic carbocycles. The van der Waals surface area contributed by atoms with Gasteiger partial charge in [0, 0.05) is 11.3 Å². The molecule has 0 N–H and O–H groups in total. The Bertz CT molecular complexity index is 659. The molecule has 4 aromatic rings. The van der Waals surface area contributed by atoms with Crippen molar-refractivity contribution in [2.45, 2.75) is 11.3 Å². The lowest BCUT2D eigenvalue weighted by Gasteiger charge is -2.11. The van der Waals surface area contributed by atoms with Gasteiger partial charge >= 0.3 is 0 Å². The van der Waals surface area contributed by atoms with E-state index >= 15 is 0 Å². The monoisotopic (exact) mass is 316 g/mol. The summed E-state index contributed by atoms with van der Waals surface area (Å²) >= 11 is 0.